The Morgan fingerprint density at radius 1 is 1.50 bits per heavy atom. The largest absolute Gasteiger partial charge is 0.162 e. The molecule has 3 heteroatoms. The van der Waals surface area contributed by atoms with Gasteiger partial charge < -0.3 is 0 Å². The van der Waals surface area contributed by atoms with E-state index < -0.39 is 0 Å². The van der Waals surface area contributed by atoms with Crippen molar-refractivity contribution in [3.8, 4) is 0 Å². The second-order valence-corrected chi connectivity index (χ2v) is 5.11. The van der Waals surface area contributed by atoms with Crippen LogP contribution in [0.4, 0.5) is 0 Å². The van der Waals surface area contributed by atoms with Crippen LogP contribution in [0.1, 0.15) is 27.2 Å². The van der Waals surface area contributed by atoms with E-state index in [2.05, 4.69) is 31.0 Å². The molecule has 1 aliphatic rings. The van der Waals surface area contributed by atoms with Gasteiger partial charge in [-0.3, -0.25) is 0 Å². The van der Waals surface area contributed by atoms with Crippen LogP contribution in [-0.4, -0.2) is 16.0 Å². The fraction of sp³-hybridized carbons (Fsp3) is 0.714. The highest BCUT2D eigenvalue weighted by Crippen LogP contribution is 2.26. The molecule has 10 heavy (non-hydrogen) atoms. The summed E-state index contributed by atoms with van der Waals surface area (Å²) in [5.41, 5.74) is 0. The van der Waals surface area contributed by atoms with Crippen molar-refractivity contribution in [2.24, 2.45) is 10.2 Å². The van der Waals surface area contributed by atoms with E-state index in [1.54, 1.807) is 11.8 Å². The number of hydrogen-bond donors (Lipinski definition) is 0. The van der Waals surface area contributed by atoms with E-state index >= 15 is 0 Å². The van der Waals surface area contributed by atoms with Gasteiger partial charge in [-0.25, -0.2) is 0 Å². The summed E-state index contributed by atoms with van der Waals surface area (Å²) in [6.45, 7) is 6.54. The Bertz CT molecular complexity index is 177. The van der Waals surface area contributed by atoms with E-state index in [1.165, 1.54) is 0 Å². The first-order valence-corrected chi connectivity index (χ1v) is 4.17. The third kappa shape index (κ3) is 2.52. The second-order valence-electron chi connectivity index (χ2n) is 3.21. The molecule has 0 aromatic heterocycles. The van der Waals surface area contributed by atoms with Crippen LogP contribution in [0.2, 0.25) is 0 Å². The van der Waals surface area contributed by atoms with Crippen molar-refractivity contribution in [1.29, 1.82) is 0 Å². The van der Waals surface area contributed by atoms with Gasteiger partial charge in [-0.15, -0.1) is 16.9 Å². The SMILES string of the molecule is CC(C)(C)SC1=NN=CC1. The normalized spacial score (nSPS) is 17.7. The van der Waals surface area contributed by atoms with Gasteiger partial charge in [-0.2, -0.15) is 5.10 Å². The Morgan fingerprint density at radius 3 is 2.60 bits per heavy atom. The predicted molar refractivity (Wildman–Crippen MR) is 47.9 cm³/mol. The van der Waals surface area contributed by atoms with Crippen LogP contribution in [0.5, 0.6) is 0 Å². The molecule has 1 rings (SSSR count). The van der Waals surface area contributed by atoms with Crippen LogP contribution < -0.4 is 0 Å². The van der Waals surface area contributed by atoms with Crippen molar-refractivity contribution in [3.63, 3.8) is 0 Å². The first-order valence-electron chi connectivity index (χ1n) is 3.35. The molecule has 1 heterocycles. The maximum Gasteiger partial charge on any atom is 0.102 e. The third-order valence-corrected chi connectivity index (χ3v) is 2.04. The molecular formula is C7H12N2S. The molecule has 0 aliphatic carbocycles. The molecule has 0 aromatic rings. The lowest BCUT2D eigenvalue weighted by atomic mass is 10.3. The Morgan fingerprint density at radius 2 is 2.20 bits per heavy atom. The fourth-order valence-electron chi connectivity index (χ4n) is 0.680. The zero-order valence-corrected chi connectivity index (χ0v) is 7.40. The summed E-state index contributed by atoms with van der Waals surface area (Å²) in [6, 6.07) is 0. The van der Waals surface area contributed by atoms with Gasteiger partial charge >= 0.3 is 0 Å². The number of thioether (sulfide) groups is 1. The van der Waals surface area contributed by atoms with Crippen LogP contribution in [0.25, 0.3) is 0 Å². The van der Waals surface area contributed by atoms with Gasteiger partial charge in [0.05, 0.1) is 0 Å². The molecule has 0 radical (unpaired) electrons. The molecule has 0 aromatic carbocycles. The van der Waals surface area contributed by atoms with Gasteiger partial charge in [-0.1, -0.05) is 20.8 Å². The molecule has 0 unspecified atom stereocenters. The average molecular weight is 156 g/mol. The predicted octanol–water partition coefficient (Wildman–Crippen LogP) is 2.31. The highest BCUT2D eigenvalue weighted by Gasteiger charge is 2.15. The zero-order valence-electron chi connectivity index (χ0n) is 6.59. The van der Waals surface area contributed by atoms with Crippen LogP contribution in [0.15, 0.2) is 10.2 Å². The van der Waals surface area contributed by atoms with Crippen molar-refractivity contribution in [3.05, 3.63) is 0 Å². The first kappa shape index (κ1) is 7.79. The first-order chi connectivity index (χ1) is 4.58. The van der Waals surface area contributed by atoms with Crippen molar-refractivity contribution < 1.29 is 0 Å². The molecule has 56 valence electrons. The molecule has 0 fully saturated rings. The lowest BCUT2D eigenvalue weighted by Crippen LogP contribution is -2.10. The van der Waals surface area contributed by atoms with Crippen LogP contribution >= 0.6 is 11.8 Å². The molecule has 0 amide bonds. The molecule has 0 bridgehead atoms. The minimum Gasteiger partial charge on any atom is -0.162 e. The van der Waals surface area contributed by atoms with E-state index in [9.17, 15) is 0 Å². The standard InChI is InChI=1S/C7H12N2S/c1-7(2,3)10-6-4-5-8-9-6/h5H,4H2,1-3H3. The lowest BCUT2D eigenvalue weighted by Gasteiger charge is -2.15. The van der Waals surface area contributed by atoms with Gasteiger partial charge in [0.25, 0.3) is 0 Å². The highest BCUT2D eigenvalue weighted by molar-refractivity contribution is 8.15. The number of hydrogen-bond acceptors (Lipinski definition) is 3. The quantitative estimate of drug-likeness (QED) is 0.528. The van der Waals surface area contributed by atoms with E-state index in [-0.39, 0.29) is 4.75 Å². The van der Waals surface area contributed by atoms with E-state index in [1.807, 2.05) is 6.21 Å². The Kier molecular flexibility index (Phi) is 2.14. The van der Waals surface area contributed by atoms with Crippen molar-refractivity contribution >= 4 is 23.0 Å². The fourth-order valence-corrected chi connectivity index (χ4v) is 1.63. The summed E-state index contributed by atoms with van der Waals surface area (Å²) in [5.74, 6) is 0. The van der Waals surface area contributed by atoms with Crippen LogP contribution in [0.3, 0.4) is 0 Å². The maximum atomic E-state index is 3.97. The highest BCUT2D eigenvalue weighted by atomic mass is 32.2. The Hall–Kier alpha value is -0.310. The topological polar surface area (TPSA) is 24.7 Å². The maximum absolute atomic E-state index is 3.97. The van der Waals surface area contributed by atoms with E-state index in [0.29, 0.717) is 0 Å². The lowest BCUT2D eigenvalue weighted by molar-refractivity contribution is 0.808. The molecule has 1 aliphatic heterocycles. The van der Waals surface area contributed by atoms with Gasteiger partial charge in [0, 0.05) is 17.4 Å². The van der Waals surface area contributed by atoms with Gasteiger partial charge in [0.15, 0.2) is 0 Å². The summed E-state index contributed by atoms with van der Waals surface area (Å²) >= 11 is 1.79. The van der Waals surface area contributed by atoms with Gasteiger partial charge in [0.2, 0.25) is 0 Å². The molecule has 0 spiro atoms. The summed E-state index contributed by atoms with van der Waals surface area (Å²) in [4.78, 5) is 0. The summed E-state index contributed by atoms with van der Waals surface area (Å²) in [5, 5.41) is 8.89. The Balaban J connectivity index is 2.41. The minimum absolute atomic E-state index is 0.270. The Labute approximate surface area is 65.8 Å². The molecule has 2 nitrogen and oxygen atoms in total. The molecular weight excluding hydrogens is 144 g/mol. The molecule has 0 N–H and O–H groups in total. The molecule has 0 saturated heterocycles. The zero-order chi connectivity index (χ0) is 7.61. The number of nitrogens with zero attached hydrogens (tertiary/aromatic N) is 2. The monoisotopic (exact) mass is 156 g/mol. The van der Waals surface area contributed by atoms with Gasteiger partial charge in [-0.05, 0) is 0 Å². The molecule has 0 atom stereocenters. The average Bonchev–Trinajstić information content (AvgIpc) is 2.12. The number of rotatable bonds is 0. The van der Waals surface area contributed by atoms with Crippen molar-refractivity contribution in [1.82, 2.24) is 0 Å². The van der Waals surface area contributed by atoms with E-state index in [4.69, 9.17) is 0 Å². The second kappa shape index (κ2) is 2.74. The van der Waals surface area contributed by atoms with Crippen molar-refractivity contribution in [2.75, 3.05) is 0 Å². The minimum atomic E-state index is 0.270. The van der Waals surface area contributed by atoms with E-state index in [0.717, 1.165) is 11.5 Å². The van der Waals surface area contributed by atoms with Gasteiger partial charge in [0.1, 0.15) is 5.04 Å². The molecule has 0 saturated carbocycles. The van der Waals surface area contributed by atoms with Crippen LogP contribution in [-0.2, 0) is 0 Å². The van der Waals surface area contributed by atoms with Crippen LogP contribution in [0, 0.1) is 0 Å². The summed E-state index contributed by atoms with van der Waals surface area (Å²) < 4.78 is 0.270. The summed E-state index contributed by atoms with van der Waals surface area (Å²) in [6.07, 6.45) is 2.76. The third-order valence-electron chi connectivity index (χ3n) is 0.941. The smallest absolute Gasteiger partial charge is 0.102 e. The summed E-state index contributed by atoms with van der Waals surface area (Å²) in [7, 11) is 0. The van der Waals surface area contributed by atoms with Crippen molar-refractivity contribution in [2.45, 2.75) is 31.9 Å².